The molecule has 0 unspecified atom stereocenters. The number of benzene rings is 2. The van der Waals surface area contributed by atoms with Crippen LogP contribution in [-0.2, 0) is 0 Å². The van der Waals surface area contributed by atoms with Crippen LogP contribution in [-0.4, -0.2) is 25.5 Å². The Labute approximate surface area is 108 Å². The molecule has 2 aromatic rings. The van der Waals surface area contributed by atoms with Crippen molar-refractivity contribution in [3.8, 4) is 39.9 Å². The summed E-state index contributed by atoms with van der Waals surface area (Å²) in [5.41, 5.74) is 0.723. The Morgan fingerprint density at radius 1 is 0.737 bits per heavy atom. The normalized spacial score (nSPS) is 10.3. The van der Waals surface area contributed by atoms with Crippen LogP contribution in [0, 0.1) is 0 Å². The lowest BCUT2D eigenvalue weighted by atomic mass is 10.00. The first-order valence-electron chi connectivity index (χ1n) is 5.37. The number of aromatic hydroxyl groups is 5. The zero-order valence-electron chi connectivity index (χ0n) is 9.83. The van der Waals surface area contributed by atoms with Crippen LogP contribution in [0.5, 0.6) is 28.7 Å². The van der Waals surface area contributed by atoms with Crippen LogP contribution in [0.25, 0.3) is 17.2 Å². The molecular weight excluding hydrogens is 248 g/mol. The van der Waals surface area contributed by atoms with E-state index in [4.69, 9.17) is 0 Å². The Morgan fingerprint density at radius 2 is 1.21 bits per heavy atom. The molecule has 5 N–H and O–H groups in total. The van der Waals surface area contributed by atoms with Gasteiger partial charge in [0.25, 0.3) is 0 Å². The van der Waals surface area contributed by atoms with Crippen molar-refractivity contribution >= 4 is 6.08 Å². The van der Waals surface area contributed by atoms with Crippen molar-refractivity contribution in [1.29, 1.82) is 0 Å². The molecule has 19 heavy (non-hydrogen) atoms. The largest absolute Gasteiger partial charge is 0.507 e. The lowest BCUT2D eigenvalue weighted by molar-refractivity contribution is 0.368. The minimum absolute atomic E-state index is 0.0381. The standard InChI is InChI=1S/C14H12O5/c1-2-7-3-9(15)13(10(16)4-7)8-5-11(17)14(19)12(18)6-8/h2-6,15-19H,1H2. The molecule has 0 radical (unpaired) electrons. The van der Waals surface area contributed by atoms with E-state index in [0.29, 0.717) is 5.56 Å². The maximum Gasteiger partial charge on any atom is 0.200 e. The van der Waals surface area contributed by atoms with E-state index in [2.05, 4.69) is 6.58 Å². The van der Waals surface area contributed by atoms with E-state index in [0.717, 1.165) is 12.1 Å². The van der Waals surface area contributed by atoms with Crippen LogP contribution < -0.4 is 0 Å². The molecule has 0 atom stereocenters. The summed E-state index contributed by atoms with van der Waals surface area (Å²) in [6, 6.07) is 5.00. The molecule has 0 fully saturated rings. The zero-order valence-corrected chi connectivity index (χ0v) is 9.83. The maximum atomic E-state index is 9.87. The third kappa shape index (κ3) is 2.13. The fourth-order valence-corrected chi connectivity index (χ4v) is 1.80. The van der Waals surface area contributed by atoms with Gasteiger partial charge in [0.1, 0.15) is 11.5 Å². The van der Waals surface area contributed by atoms with Gasteiger partial charge in [-0.3, -0.25) is 0 Å². The molecule has 0 amide bonds. The molecule has 0 aliphatic rings. The van der Waals surface area contributed by atoms with E-state index in [9.17, 15) is 25.5 Å². The summed E-state index contributed by atoms with van der Waals surface area (Å²) in [5.74, 6) is -2.24. The summed E-state index contributed by atoms with van der Waals surface area (Å²) in [6.07, 6.45) is 1.45. The highest BCUT2D eigenvalue weighted by atomic mass is 16.3. The van der Waals surface area contributed by atoms with E-state index < -0.39 is 17.2 Å². The summed E-state index contributed by atoms with van der Waals surface area (Å²) in [6.45, 7) is 3.52. The van der Waals surface area contributed by atoms with E-state index in [-0.39, 0.29) is 22.6 Å². The summed E-state index contributed by atoms with van der Waals surface area (Å²) >= 11 is 0. The molecule has 0 aliphatic carbocycles. The first kappa shape index (κ1) is 12.6. The Kier molecular flexibility index (Phi) is 2.96. The molecule has 0 aliphatic heterocycles. The number of hydrogen-bond acceptors (Lipinski definition) is 5. The third-order valence-electron chi connectivity index (χ3n) is 2.71. The molecule has 2 aromatic carbocycles. The van der Waals surface area contributed by atoms with Crippen molar-refractivity contribution in [2.45, 2.75) is 0 Å². The monoisotopic (exact) mass is 260 g/mol. The van der Waals surface area contributed by atoms with E-state index >= 15 is 0 Å². The number of phenolic OH excluding ortho intramolecular Hbond substituents is 5. The van der Waals surface area contributed by atoms with Gasteiger partial charge in [-0.25, -0.2) is 0 Å². The van der Waals surface area contributed by atoms with Gasteiger partial charge in [-0.2, -0.15) is 0 Å². The van der Waals surface area contributed by atoms with E-state index in [1.54, 1.807) is 0 Å². The highest BCUT2D eigenvalue weighted by molar-refractivity contribution is 5.81. The molecule has 5 heteroatoms. The molecular formula is C14H12O5. The van der Waals surface area contributed by atoms with Gasteiger partial charge in [0.05, 0.1) is 5.56 Å². The van der Waals surface area contributed by atoms with Gasteiger partial charge >= 0.3 is 0 Å². The second kappa shape index (κ2) is 4.45. The lowest BCUT2D eigenvalue weighted by Crippen LogP contribution is -1.84. The lowest BCUT2D eigenvalue weighted by Gasteiger charge is -2.10. The van der Waals surface area contributed by atoms with Gasteiger partial charge in [0.15, 0.2) is 17.2 Å². The zero-order chi connectivity index (χ0) is 14.2. The molecule has 0 aromatic heterocycles. The van der Waals surface area contributed by atoms with E-state index in [1.807, 2.05) is 0 Å². The molecule has 0 saturated carbocycles. The van der Waals surface area contributed by atoms with Gasteiger partial charge in [0.2, 0.25) is 0 Å². The summed E-state index contributed by atoms with van der Waals surface area (Å²) in [7, 11) is 0. The molecule has 98 valence electrons. The van der Waals surface area contributed by atoms with Crippen LogP contribution in [0.1, 0.15) is 5.56 Å². The Balaban J connectivity index is 2.69. The number of phenols is 5. The molecule has 0 bridgehead atoms. The number of rotatable bonds is 2. The third-order valence-corrected chi connectivity index (χ3v) is 2.71. The quantitative estimate of drug-likeness (QED) is 0.534. The van der Waals surface area contributed by atoms with Crippen LogP contribution >= 0.6 is 0 Å². The predicted molar refractivity (Wildman–Crippen MR) is 70.3 cm³/mol. The minimum atomic E-state index is -0.662. The topological polar surface area (TPSA) is 101 Å². The van der Waals surface area contributed by atoms with Gasteiger partial charge in [-0.15, -0.1) is 0 Å². The first-order valence-corrected chi connectivity index (χ1v) is 5.37. The molecule has 0 spiro atoms. The van der Waals surface area contributed by atoms with Crippen molar-refractivity contribution in [3.63, 3.8) is 0 Å². The maximum absolute atomic E-state index is 9.87. The second-order valence-electron chi connectivity index (χ2n) is 4.00. The van der Waals surface area contributed by atoms with Crippen LogP contribution in [0.2, 0.25) is 0 Å². The summed E-state index contributed by atoms with van der Waals surface area (Å²) < 4.78 is 0. The first-order chi connectivity index (χ1) is 8.93. The number of hydrogen-bond donors (Lipinski definition) is 5. The van der Waals surface area contributed by atoms with Crippen LogP contribution in [0.4, 0.5) is 0 Å². The minimum Gasteiger partial charge on any atom is -0.507 e. The smallest absolute Gasteiger partial charge is 0.200 e. The van der Waals surface area contributed by atoms with Crippen LogP contribution in [0.3, 0.4) is 0 Å². The highest BCUT2D eigenvalue weighted by Crippen LogP contribution is 2.44. The Morgan fingerprint density at radius 3 is 1.63 bits per heavy atom. The van der Waals surface area contributed by atoms with Crippen molar-refractivity contribution in [1.82, 2.24) is 0 Å². The van der Waals surface area contributed by atoms with Crippen molar-refractivity contribution in [3.05, 3.63) is 36.4 Å². The van der Waals surface area contributed by atoms with Crippen molar-refractivity contribution in [2.24, 2.45) is 0 Å². The molecule has 0 heterocycles. The van der Waals surface area contributed by atoms with Gasteiger partial charge in [-0.05, 0) is 35.4 Å². The molecule has 5 nitrogen and oxygen atoms in total. The van der Waals surface area contributed by atoms with Gasteiger partial charge in [-0.1, -0.05) is 12.7 Å². The van der Waals surface area contributed by atoms with Crippen molar-refractivity contribution in [2.75, 3.05) is 0 Å². The predicted octanol–water partition coefficient (Wildman–Crippen LogP) is 2.52. The Hall–Kier alpha value is -2.82. The fraction of sp³-hybridized carbons (Fsp3) is 0. The highest BCUT2D eigenvalue weighted by Gasteiger charge is 2.16. The van der Waals surface area contributed by atoms with Crippen LogP contribution in [0.15, 0.2) is 30.8 Å². The van der Waals surface area contributed by atoms with Gasteiger partial charge in [0, 0.05) is 0 Å². The SMILES string of the molecule is C=Cc1cc(O)c(-c2cc(O)c(O)c(O)c2)c(O)c1. The van der Waals surface area contributed by atoms with E-state index in [1.165, 1.54) is 18.2 Å². The fourth-order valence-electron chi connectivity index (χ4n) is 1.80. The van der Waals surface area contributed by atoms with Crippen molar-refractivity contribution < 1.29 is 25.5 Å². The summed E-state index contributed by atoms with van der Waals surface area (Å²) in [4.78, 5) is 0. The Bertz CT molecular complexity index is 615. The second-order valence-corrected chi connectivity index (χ2v) is 4.00. The average molecular weight is 260 g/mol. The van der Waals surface area contributed by atoms with Gasteiger partial charge < -0.3 is 25.5 Å². The molecule has 2 rings (SSSR count). The average Bonchev–Trinajstić information content (AvgIpc) is 2.34. The molecule has 0 saturated heterocycles. The summed E-state index contributed by atoms with van der Waals surface area (Å²) in [5, 5.41) is 47.9.